The molecule has 0 fully saturated rings. The molecule has 4 aromatic rings. The molecule has 33 heavy (non-hydrogen) atoms. The van der Waals surface area contributed by atoms with Crippen LogP contribution in [-0.2, 0) is 16.6 Å². The first-order valence-electron chi connectivity index (χ1n) is 11.0. The van der Waals surface area contributed by atoms with Crippen molar-refractivity contribution in [2.75, 3.05) is 13.6 Å². The molecule has 2 heterocycles. The number of carbonyl (C=O) groups excluding carboxylic acids is 1. The smallest absolute Gasteiger partial charge is 0.168 e. The Morgan fingerprint density at radius 2 is 1.79 bits per heavy atom. The Hall–Kier alpha value is -3.41. The minimum atomic E-state index is -0.922. The van der Waals surface area contributed by atoms with E-state index in [1.165, 1.54) is 0 Å². The number of hydrogen-bond donors (Lipinski definition) is 3. The maximum absolute atomic E-state index is 14.3. The van der Waals surface area contributed by atoms with Crippen molar-refractivity contribution in [3.05, 3.63) is 107 Å². The first-order chi connectivity index (χ1) is 16.1. The van der Waals surface area contributed by atoms with Gasteiger partial charge in [0, 0.05) is 22.7 Å². The van der Waals surface area contributed by atoms with Crippen molar-refractivity contribution < 1.29 is 4.79 Å². The van der Waals surface area contributed by atoms with Crippen LogP contribution >= 0.6 is 11.6 Å². The van der Waals surface area contributed by atoms with Crippen LogP contribution in [0.2, 0.25) is 5.02 Å². The molecule has 0 amide bonds. The molecule has 166 valence electrons. The van der Waals surface area contributed by atoms with Gasteiger partial charge in [0.15, 0.2) is 5.78 Å². The topological polar surface area (TPSA) is 69.3 Å². The number of halogens is 1. The number of fused-ring (bicyclic) bond motifs is 1. The van der Waals surface area contributed by atoms with E-state index in [4.69, 9.17) is 11.6 Å². The van der Waals surface area contributed by atoms with E-state index in [-0.39, 0.29) is 5.78 Å². The Morgan fingerprint density at radius 1 is 1.06 bits per heavy atom. The Bertz CT molecular complexity index is 1280. The number of Topliss-reactive ketones (excluding diaryl/α,β-unsaturated/α-hetero) is 1. The molecule has 1 aliphatic heterocycles. The van der Waals surface area contributed by atoms with Crippen molar-refractivity contribution in [1.82, 2.24) is 15.7 Å². The van der Waals surface area contributed by atoms with Gasteiger partial charge in [-0.25, -0.2) is 0 Å². The first kappa shape index (κ1) is 21.4. The second-order valence-corrected chi connectivity index (χ2v) is 8.80. The van der Waals surface area contributed by atoms with Crippen molar-refractivity contribution in [1.29, 1.82) is 0 Å². The summed E-state index contributed by atoms with van der Waals surface area (Å²) in [5.74, 6) is 0.0774. The van der Waals surface area contributed by atoms with Crippen LogP contribution in [-0.4, -0.2) is 36.1 Å². The Morgan fingerprint density at radius 3 is 2.52 bits per heavy atom. The number of aromatic amines is 1. The number of ketones is 1. The van der Waals surface area contributed by atoms with Gasteiger partial charge < -0.3 is 15.7 Å². The van der Waals surface area contributed by atoms with Gasteiger partial charge in [-0.3, -0.25) is 4.79 Å². The predicted molar refractivity (Wildman–Crippen MR) is 134 cm³/mol. The Labute approximate surface area is 197 Å². The van der Waals surface area contributed by atoms with E-state index in [1.807, 2.05) is 79.8 Å². The molecule has 1 aromatic heterocycles. The lowest BCUT2D eigenvalue weighted by Gasteiger charge is -2.32. The Kier molecular flexibility index (Phi) is 5.75. The molecule has 0 saturated heterocycles. The molecule has 0 bridgehead atoms. The second-order valence-electron chi connectivity index (χ2n) is 8.37. The summed E-state index contributed by atoms with van der Waals surface area (Å²) in [7, 11) is 1.84. The number of nitrogens with one attached hydrogen (secondary N) is 3. The van der Waals surface area contributed by atoms with Crippen molar-refractivity contribution in [2.24, 2.45) is 5.10 Å². The van der Waals surface area contributed by atoms with Crippen molar-refractivity contribution >= 4 is 34.0 Å². The largest absolute Gasteiger partial charge is 0.358 e. The van der Waals surface area contributed by atoms with Gasteiger partial charge in [-0.1, -0.05) is 72.3 Å². The summed E-state index contributed by atoms with van der Waals surface area (Å²) < 4.78 is 0. The minimum Gasteiger partial charge on any atom is -0.358 e. The van der Waals surface area contributed by atoms with Gasteiger partial charge in [-0.15, -0.1) is 0 Å². The molecule has 0 aliphatic carbocycles. The van der Waals surface area contributed by atoms with Gasteiger partial charge in [-0.05, 0) is 47.8 Å². The Balaban J connectivity index is 1.56. The molecule has 3 N–H and O–H groups in total. The van der Waals surface area contributed by atoms with E-state index in [0.29, 0.717) is 23.7 Å². The van der Waals surface area contributed by atoms with Crippen LogP contribution in [0.15, 0.2) is 90.0 Å². The first-order valence-corrected chi connectivity index (χ1v) is 11.4. The third kappa shape index (κ3) is 3.84. The SMILES string of the molecule is CNC(Cc1cc2ccccc2[nH]1)C(=O)C1(c2ccccc2)CNN=C1c1ccc(Cl)cc1. The predicted octanol–water partition coefficient (Wildman–Crippen LogP) is 4.47. The van der Waals surface area contributed by atoms with E-state index in [9.17, 15) is 4.79 Å². The number of carbonyl (C=O) groups is 1. The number of para-hydroxylation sites is 1. The lowest BCUT2D eigenvalue weighted by atomic mass is 9.69. The van der Waals surface area contributed by atoms with E-state index >= 15 is 0 Å². The molecule has 0 spiro atoms. The fourth-order valence-electron chi connectivity index (χ4n) is 4.73. The summed E-state index contributed by atoms with van der Waals surface area (Å²) in [5, 5.41) is 9.67. The summed E-state index contributed by atoms with van der Waals surface area (Å²) >= 11 is 6.13. The standard InChI is InChI=1S/C27H25ClN4O/c1-29-24(16-22-15-19-7-5-6-10-23(19)31-22)26(33)27(20-8-3-2-4-9-20)17-30-32-25(27)18-11-13-21(28)14-12-18/h2-15,24,29-31H,16-17H2,1H3. The third-order valence-corrected chi connectivity index (χ3v) is 6.67. The average Bonchev–Trinajstić information content (AvgIpc) is 3.48. The highest BCUT2D eigenvalue weighted by Crippen LogP contribution is 2.35. The van der Waals surface area contributed by atoms with Crippen molar-refractivity contribution in [2.45, 2.75) is 17.9 Å². The highest BCUT2D eigenvalue weighted by atomic mass is 35.5. The van der Waals surface area contributed by atoms with Gasteiger partial charge in [0.2, 0.25) is 0 Å². The normalized spacial score (nSPS) is 18.7. The van der Waals surface area contributed by atoms with Gasteiger partial charge in [-0.2, -0.15) is 5.10 Å². The molecule has 2 unspecified atom stereocenters. The maximum atomic E-state index is 14.3. The summed E-state index contributed by atoms with van der Waals surface area (Å²) in [6, 6.07) is 27.3. The fraction of sp³-hybridized carbons (Fsp3) is 0.185. The summed E-state index contributed by atoms with van der Waals surface area (Å²) in [5.41, 5.74) is 6.80. The van der Waals surface area contributed by atoms with Crippen LogP contribution in [0.4, 0.5) is 0 Å². The molecular weight excluding hydrogens is 432 g/mol. The lowest BCUT2D eigenvalue weighted by molar-refractivity contribution is -0.124. The highest BCUT2D eigenvalue weighted by molar-refractivity contribution is 6.31. The number of H-pyrrole nitrogens is 1. The van der Waals surface area contributed by atoms with E-state index in [1.54, 1.807) is 0 Å². The number of likely N-dealkylation sites (N-methyl/N-ethyl adjacent to an activating group) is 1. The molecule has 5 rings (SSSR count). The highest BCUT2D eigenvalue weighted by Gasteiger charge is 2.50. The van der Waals surface area contributed by atoms with Crippen molar-refractivity contribution in [3.8, 4) is 0 Å². The molecule has 5 nitrogen and oxygen atoms in total. The number of rotatable bonds is 7. The van der Waals surface area contributed by atoms with Crippen LogP contribution < -0.4 is 10.7 Å². The van der Waals surface area contributed by atoms with E-state index in [2.05, 4.69) is 33.0 Å². The minimum absolute atomic E-state index is 0.0774. The monoisotopic (exact) mass is 456 g/mol. The zero-order valence-corrected chi connectivity index (χ0v) is 19.1. The van der Waals surface area contributed by atoms with E-state index in [0.717, 1.165) is 27.7 Å². The number of hydrazone groups is 1. The summed E-state index contributed by atoms with van der Waals surface area (Å²) in [6.07, 6.45) is 0.548. The van der Waals surface area contributed by atoms with Crippen LogP contribution in [0.1, 0.15) is 16.8 Å². The van der Waals surface area contributed by atoms with Gasteiger partial charge in [0.25, 0.3) is 0 Å². The average molecular weight is 457 g/mol. The van der Waals surface area contributed by atoms with Crippen LogP contribution in [0, 0.1) is 0 Å². The number of nitrogens with zero attached hydrogens (tertiary/aromatic N) is 1. The summed E-state index contributed by atoms with van der Waals surface area (Å²) in [4.78, 5) is 17.8. The van der Waals surface area contributed by atoms with Crippen LogP contribution in [0.25, 0.3) is 10.9 Å². The van der Waals surface area contributed by atoms with Gasteiger partial charge in [0.05, 0.1) is 18.3 Å². The second kappa shape index (κ2) is 8.85. The lowest BCUT2D eigenvalue weighted by Crippen LogP contribution is -2.54. The maximum Gasteiger partial charge on any atom is 0.168 e. The number of benzene rings is 3. The molecule has 2 atom stereocenters. The fourth-order valence-corrected chi connectivity index (χ4v) is 4.86. The molecule has 0 saturated carbocycles. The van der Waals surface area contributed by atoms with E-state index < -0.39 is 11.5 Å². The molecule has 0 radical (unpaired) electrons. The third-order valence-electron chi connectivity index (χ3n) is 6.42. The molecular formula is C27H25ClN4O. The molecule has 1 aliphatic rings. The zero-order valence-electron chi connectivity index (χ0n) is 18.3. The van der Waals surface area contributed by atoms with Gasteiger partial charge >= 0.3 is 0 Å². The van der Waals surface area contributed by atoms with Gasteiger partial charge in [0.1, 0.15) is 5.41 Å². The number of aromatic nitrogens is 1. The summed E-state index contributed by atoms with van der Waals surface area (Å²) in [6.45, 7) is 0.401. The van der Waals surface area contributed by atoms with Crippen LogP contribution in [0.3, 0.4) is 0 Å². The van der Waals surface area contributed by atoms with Crippen LogP contribution in [0.5, 0.6) is 0 Å². The molecule has 3 aromatic carbocycles. The van der Waals surface area contributed by atoms with Crippen molar-refractivity contribution in [3.63, 3.8) is 0 Å². The zero-order chi connectivity index (χ0) is 22.8. The number of hydrogen-bond acceptors (Lipinski definition) is 4. The molecule has 6 heteroatoms. The quantitative estimate of drug-likeness (QED) is 0.384.